The molecule has 0 aliphatic rings. The molecule has 0 aromatic heterocycles. The fourth-order valence-electron chi connectivity index (χ4n) is 0.428. The fraction of sp³-hybridized carbons (Fsp3) is 0.400. The maximum atomic E-state index is 8.63. The van der Waals surface area contributed by atoms with Gasteiger partial charge in [0.05, 0.1) is 0 Å². The number of para-hydroxylation sites is 1. The van der Waals surface area contributed by atoms with Crippen LogP contribution in [0.15, 0.2) is 30.3 Å². The molecule has 0 unspecified atom stereocenters. The third kappa shape index (κ3) is 12.4. The van der Waals surface area contributed by atoms with Gasteiger partial charge < -0.3 is 5.11 Å². The Hall–Kier alpha value is -0.266. The van der Waals surface area contributed by atoms with Crippen molar-refractivity contribution in [1.82, 2.24) is 0 Å². The van der Waals surface area contributed by atoms with Crippen LogP contribution in [0.1, 0.15) is 0 Å². The average molecular weight is 202 g/mol. The van der Waals surface area contributed by atoms with Crippen molar-refractivity contribution in [3.05, 3.63) is 30.3 Å². The molecule has 1 aromatic rings. The normalized spacial score (nSPS) is 10.0. The molecule has 1 N–H and O–H groups in total. The van der Waals surface area contributed by atoms with Crippen LogP contribution in [0.4, 0.5) is 0 Å². The van der Waals surface area contributed by atoms with Crippen molar-refractivity contribution in [2.24, 2.45) is 0 Å². The number of phenolic OH excluding ortho intramolecular Hbond substituents is 1. The van der Waals surface area contributed by atoms with E-state index in [0.29, 0.717) is 5.75 Å². The first-order valence-corrected chi connectivity index (χ1v) is 10.4. The van der Waals surface area contributed by atoms with E-state index in [4.69, 9.17) is 5.11 Å². The molecule has 0 saturated heterocycles. The van der Waals surface area contributed by atoms with E-state index in [1.807, 2.05) is 6.07 Å². The van der Waals surface area contributed by atoms with E-state index in [1.54, 1.807) is 24.3 Å². The van der Waals surface area contributed by atoms with Crippen molar-refractivity contribution in [3.8, 4) is 5.75 Å². The number of phenols is 1. The molecule has 2 heteroatoms. The van der Waals surface area contributed by atoms with Gasteiger partial charge in [0, 0.05) is 0 Å². The van der Waals surface area contributed by atoms with E-state index >= 15 is 0 Å². The number of hydrogen-bond donors (Lipinski definition) is 1. The molecule has 1 aromatic carbocycles. The first-order valence-electron chi connectivity index (χ1n) is 4.13. The first kappa shape index (κ1) is 11.7. The van der Waals surface area contributed by atoms with Crippen molar-refractivity contribution in [2.75, 3.05) is 0 Å². The van der Waals surface area contributed by atoms with E-state index in [9.17, 15) is 0 Å². The van der Waals surface area contributed by atoms with Gasteiger partial charge in [-0.3, -0.25) is 0 Å². The summed E-state index contributed by atoms with van der Waals surface area (Å²) in [5.41, 5.74) is 0. The molecular weight excluding hydrogens is 184 g/mol. The van der Waals surface area contributed by atoms with Gasteiger partial charge in [0.2, 0.25) is 0 Å². The summed E-state index contributed by atoms with van der Waals surface area (Å²) >= 11 is -1.00. The number of rotatable bonds is 0. The molecule has 0 aliphatic heterocycles. The second-order valence-corrected chi connectivity index (χ2v) is 13.7. The van der Waals surface area contributed by atoms with E-state index in [1.165, 1.54) is 0 Å². The Balaban J connectivity index is 0.000000217. The van der Waals surface area contributed by atoms with Crippen LogP contribution >= 0.6 is 0 Å². The van der Waals surface area contributed by atoms with Gasteiger partial charge in [-0.05, 0) is 12.1 Å². The maximum absolute atomic E-state index is 8.63. The van der Waals surface area contributed by atoms with Crippen molar-refractivity contribution in [3.63, 3.8) is 0 Å². The summed E-state index contributed by atoms with van der Waals surface area (Å²) in [5, 5.41) is 18.1. The molecule has 1 nitrogen and oxygen atoms in total. The van der Waals surface area contributed by atoms with Gasteiger partial charge in [0.1, 0.15) is 5.75 Å². The fourth-order valence-corrected chi connectivity index (χ4v) is 0.428. The Kier molecular flexibility index (Phi) is 5.27. The van der Waals surface area contributed by atoms with Gasteiger partial charge >= 0.3 is 37.5 Å². The van der Waals surface area contributed by atoms with Gasteiger partial charge in [-0.2, -0.15) is 0 Å². The molecule has 0 aliphatic carbocycles. The van der Waals surface area contributed by atoms with Crippen LogP contribution in [0.25, 0.3) is 0 Å². The molecule has 0 heterocycles. The third-order valence-corrected chi connectivity index (χ3v) is 0.756. The second-order valence-electron chi connectivity index (χ2n) is 4.34. The Bertz CT molecular complexity index is 195. The van der Waals surface area contributed by atoms with E-state index in [2.05, 4.69) is 20.9 Å². The second kappa shape index (κ2) is 5.39. The summed E-state index contributed by atoms with van der Waals surface area (Å²) in [6, 6.07) is 8.71. The van der Waals surface area contributed by atoms with Crippen LogP contribution in [0.5, 0.6) is 5.75 Å². The van der Waals surface area contributed by atoms with Gasteiger partial charge in [0.15, 0.2) is 0 Å². The first-order chi connectivity index (χ1) is 5.39. The minimum atomic E-state index is -1.00. The van der Waals surface area contributed by atoms with Crippen LogP contribution in [-0.2, 0) is 16.6 Å². The van der Waals surface area contributed by atoms with Gasteiger partial charge in [0.25, 0.3) is 0 Å². The van der Waals surface area contributed by atoms with Gasteiger partial charge in [-0.1, -0.05) is 18.2 Å². The monoisotopic (exact) mass is 202 g/mol. The number of benzene rings is 1. The summed E-state index contributed by atoms with van der Waals surface area (Å²) in [6.07, 6.45) is 0. The van der Waals surface area contributed by atoms with Gasteiger partial charge in [-0.25, -0.2) is 0 Å². The zero-order chi connectivity index (χ0) is 9.61. The van der Waals surface area contributed by atoms with Crippen molar-refractivity contribution >= 4 is 0 Å². The van der Waals surface area contributed by atoms with Crippen LogP contribution in [0, 0.1) is 0 Å². The quantitative estimate of drug-likeness (QED) is 0.635. The summed E-state index contributed by atoms with van der Waals surface area (Å²) in [5.74, 6) is 0.322. The summed E-state index contributed by atoms with van der Waals surface area (Å²) in [6.45, 7) is 0. The molecule has 0 atom stereocenters. The standard InChI is InChI=1S/C6H6O.4CH3.Ti/c7-6-4-2-1-3-5-6;;;;;/h1-5,7H;4*1H3;. The molecule has 0 amide bonds. The Morgan fingerprint density at radius 2 is 1.25 bits per heavy atom. The molecule has 68 valence electrons. The van der Waals surface area contributed by atoms with Crippen LogP contribution in [0.2, 0.25) is 20.9 Å². The summed E-state index contributed by atoms with van der Waals surface area (Å²) in [7, 11) is 0. The molecule has 12 heavy (non-hydrogen) atoms. The molecule has 1 rings (SSSR count). The molecular formula is C10H18OTi. The number of aromatic hydroxyl groups is 1. The van der Waals surface area contributed by atoms with Crippen molar-refractivity contribution in [1.29, 1.82) is 0 Å². The molecule has 0 spiro atoms. The van der Waals surface area contributed by atoms with Gasteiger partial charge in [-0.15, -0.1) is 0 Å². The molecule has 0 radical (unpaired) electrons. The SMILES string of the molecule is Oc1ccccc1.[CH3][Ti]([CH3])([CH3])[CH3]. The molecule has 0 saturated carbocycles. The van der Waals surface area contributed by atoms with Crippen LogP contribution < -0.4 is 0 Å². The topological polar surface area (TPSA) is 20.2 Å². The van der Waals surface area contributed by atoms with Crippen LogP contribution in [-0.4, -0.2) is 5.11 Å². The van der Waals surface area contributed by atoms with E-state index in [-0.39, 0.29) is 0 Å². The predicted octanol–water partition coefficient (Wildman–Crippen LogP) is 3.72. The zero-order valence-electron chi connectivity index (χ0n) is 8.33. The van der Waals surface area contributed by atoms with E-state index in [0.717, 1.165) is 0 Å². The third-order valence-electron chi connectivity index (χ3n) is 0.756. The Morgan fingerprint density at radius 3 is 1.42 bits per heavy atom. The zero-order valence-corrected chi connectivity index (χ0v) is 9.90. The Morgan fingerprint density at radius 1 is 0.917 bits per heavy atom. The Labute approximate surface area is 78.8 Å². The molecule has 0 fully saturated rings. The summed E-state index contributed by atoms with van der Waals surface area (Å²) < 4.78 is 0. The van der Waals surface area contributed by atoms with E-state index < -0.39 is 16.6 Å². The van der Waals surface area contributed by atoms with Crippen LogP contribution in [0.3, 0.4) is 0 Å². The average Bonchev–Trinajstić information content (AvgIpc) is 1.85. The number of hydrogen-bond acceptors (Lipinski definition) is 1. The van der Waals surface area contributed by atoms with Crippen molar-refractivity contribution in [2.45, 2.75) is 20.9 Å². The predicted molar refractivity (Wildman–Crippen MR) is 51.6 cm³/mol. The van der Waals surface area contributed by atoms with Crippen molar-refractivity contribution < 1.29 is 21.7 Å². The molecule has 0 bridgehead atoms. The minimum absolute atomic E-state index is 0.322. The summed E-state index contributed by atoms with van der Waals surface area (Å²) in [4.78, 5) is 0.